The van der Waals surface area contributed by atoms with Crippen LogP contribution in [0, 0.1) is 16.0 Å². The highest BCUT2D eigenvalue weighted by Gasteiger charge is 2.21. The van der Waals surface area contributed by atoms with Crippen LogP contribution in [0.4, 0.5) is 5.69 Å². The molecule has 0 radical (unpaired) electrons. The summed E-state index contributed by atoms with van der Waals surface area (Å²) in [5, 5.41) is 14.7. The first-order chi connectivity index (χ1) is 12.8. The second kappa shape index (κ2) is 9.25. The van der Waals surface area contributed by atoms with Crippen molar-refractivity contribution >= 4 is 11.6 Å². The van der Waals surface area contributed by atoms with Crippen molar-refractivity contribution in [3.63, 3.8) is 0 Å². The van der Waals surface area contributed by atoms with Gasteiger partial charge in [-0.25, -0.2) is 0 Å². The molecule has 1 atom stereocenters. The van der Waals surface area contributed by atoms with Crippen LogP contribution in [0.2, 0.25) is 0 Å². The van der Waals surface area contributed by atoms with Gasteiger partial charge in [-0.1, -0.05) is 25.9 Å². The zero-order valence-corrected chi connectivity index (χ0v) is 16.2. The van der Waals surface area contributed by atoms with Gasteiger partial charge in [0.05, 0.1) is 4.92 Å². The molecule has 2 rings (SSSR count). The number of carbonyl (C=O) groups excluding carboxylic acids is 1. The largest absolute Gasteiger partial charge is 0.339 e. The first-order valence-corrected chi connectivity index (χ1v) is 9.18. The number of hydrogen-bond donors (Lipinski definition) is 0. The molecule has 8 nitrogen and oxygen atoms in total. The molecule has 0 aliphatic rings. The van der Waals surface area contributed by atoms with Crippen LogP contribution >= 0.6 is 0 Å². The average molecular weight is 374 g/mol. The average Bonchev–Trinajstić information content (AvgIpc) is 3.10. The Bertz CT molecular complexity index is 770. The number of benzene rings is 1. The number of nitrogens with zero attached hydrogens (tertiary/aromatic N) is 4. The third-order valence-electron chi connectivity index (χ3n) is 4.40. The van der Waals surface area contributed by atoms with Gasteiger partial charge >= 0.3 is 0 Å². The van der Waals surface area contributed by atoms with Gasteiger partial charge in [0, 0.05) is 43.1 Å². The van der Waals surface area contributed by atoms with Gasteiger partial charge in [-0.2, -0.15) is 4.98 Å². The summed E-state index contributed by atoms with van der Waals surface area (Å²) in [6.07, 6.45) is 1.86. The van der Waals surface area contributed by atoms with E-state index in [-0.39, 0.29) is 17.6 Å². The summed E-state index contributed by atoms with van der Waals surface area (Å²) >= 11 is 0. The van der Waals surface area contributed by atoms with Crippen molar-refractivity contribution in [3.05, 3.63) is 40.3 Å². The highest BCUT2D eigenvalue weighted by Crippen LogP contribution is 2.20. The number of hydrogen-bond acceptors (Lipinski definition) is 6. The SMILES string of the molecule is CC[C@H](C)N(CCc1nc(-c2ccc([N+](=O)[O-])cc2)no1)C(=O)CC(C)C. The molecule has 8 heteroatoms. The van der Waals surface area contributed by atoms with Crippen molar-refractivity contribution in [3.8, 4) is 11.4 Å². The van der Waals surface area contributed by atoms with E-state index in [1.54, 1.807) is 12.1 Å². The molecule has 0 aliphatic carbocycles. The highest BCUT2D eigenvalue weighted by atomic mass is 16.6. The fourth-order valence-electron chi connectivity index (χ4n) is 2.70. The third-order valence-corrected chi connectivity index (χ3v) is 4.40. The summed E-state index contributed by atoms with van der Waals surface area (Å²) in [7, 11) is 0. The Hall–Kier alpha value is -2.77. The molecule has 0 saturated heterocycles. The molecule has 2 aromatic rings. The summed E-state index contributed by atoms with van der Waals surface area (Å²) in [5.74, 6) is 1.26. The molecule has 0 spiro atoms. The van der Waals surface area contributed by atoms with Crippen molar-refractivity contribution in [1.29, 1.82) is 0 Å². The quantitative estimate of drug-likeness (QED) is 0.488. The summed E-state index contributed by atoms with van der Waals surface area (Å²) in [4.78, 5) is 29.0. The molecular weight excluding hydrogens is 348 g/mol. The number of rotatable bonds is 9. The fourth-order valence-corrected chi connectivity index (χ4v) is 2.70. The molecule has 27 heavy (non-hydrogen) atoms. The van der Waals surface area contributed by atoms with E-state index in [1.807, 2.05) is 25.7 Å². The van der Waals surface area contributed by atoms with Crippen LogP contribution in [0.25, 0.3) is 11.4 Å². The molecule has 1 aromatic heterocycles. The second-order valence-electron chi connectivity index (χ2n) is 7.01. The van der Waals surface area contributed by atoms with Gasteiger partial charge in [0.2, 0.25) is 17.6 Å². The van der Waals surface area contributed by atoms with E-state index in [0.29, 0.717) is 42.6 Å². The van der Waals surface area contributed by atoms with E-state index in [2.05, 4.69) is 17.1 Å². The maximum atomic E-state index is 12.5. The monoisotopic (exact) mass is 374 g/mol. The summed E-state index contributed by atoms with van der Waals surface area (Å²) in [6, 6.07) is 6.13. The number of amides is 1. The number of carbonyl (C=O) groups is 1. The lowest BCUT2D eigenvalue weighted by Gasteiger charge is -2.29. The van der Waals surface area contributed by atoms with Crippen LogP contribution in [0.15, 0.2) is 28.8 Å². The number of non-ortho nitro benzene ring substituents is 1. The van der Waals surface area contributed by atoms with Gasteiger partial charge in [0.15, 0.2) is 0 Å². The molecule has 146 valence electrons. The Morgan fingerprint density at radius 2 is 1.93 bits per heavy atom. The van der Waals surface area contributed by atoms with Gasteiger partial charge in [0.25, 0.3) is 5.69 Å². The van der Waals surface area contributed by atoms with E-state index >= 15 is 0 Å². The van der Waals surface area contributed by atoms with Crippen molar-refractivity contribution in [2.75, 3.05) is 6.54 Å². The first-order valence-electron chi connectivity index (χ1n) is 9.18. The van der Waals surface area contributed by atoms with Crippen LogP contribution in [-0.2, 0) is 11.2 Å². The molecule has 0 aliphatic heterocycles. The Kier molecular flexibility index (Phi) is 7.04. The van der Waals surface area contributed by atoms with Gasteiger partial charge in [-0.05, 0) is 31.4 Å². The van der Waals surface area contributed by atoms with Crippen molar-refractivity contribution in [1.82, 2.24) is 15.0 Å². The Morgan fingerprint density at radius 3 is 2.48 bits per heavy atom. The van der Waals surface area contributed by atoms with Crippen LogP contribution in [0.3, 0.4) is 0 Å². The Labute approximate surface area is 158 Å². The van der Waals surface area contributed by atoms with Crippen LogP contribution in [-0.4, -0.2) is 38.5 Å². The van der Waals surface area contributed by atoms with E-state index in [9.17, 15) is 14.9 Å². The number of aromatic nitrogens is 2. The first kappa shape index (κ1) is 20.5. The molecule has 0 fully saturated rings. The van der Waals surface area contributed by atoms with Crippen LogP contribution in [0.1, 0.15) is 46.4 Å². The minimum absolute atomic E-state index is 0.00956. The zero-order valence-electron chi connectivity index (χ0n) is 16.2. The van der Waals surface area contributed by atoms with Gasteiger partial charge in [-0.15, -0.1) is 0 Å². The zero-order chi connectivity index (χ0) is 20.0. The molecule has 1 aromatic carbocycles. The van der Waals surface area contributed by atoms with Crippen molar-refractivity contribution in [2.45, 2.75) is 53.0 Å². The van der Waals surface area contributed by atoms with Crippen LogP contribution in [0.5, 0.6) is 0 Å². The molecule has 0 unspecified atom stereocenters. The Balaban J connectivity index is 2.04. The Morgan fingerprint density at radius 1 is 1.26 bits per heavy atom. The second-order valence-corrected chi connectivity index (χ2v) is 7.01. The normalized spacial score (nSPS) is 12.2. The van der Waals surface area contributed by atoms with E-state index in [4.69, 9.17) is 4.52 Å². The lowest BCUT2D eigenvalue weighted by atomic mass is 10.1. The van der Waals surface area contributed by atoms with Gasteiger partial charge < -0.3 is 9.42 Å². The third kappa shape index (κ3) is 5.60. The topological polar surface area (TPSA) is 102 Å². The number of nitro benzene ring substituents is 1. The summed E-state index contributed by atoms with van der Waals surface area (Å²) in [6.45, 7) is 8.67. The fraction of sp³-hybridized carbons (Fsp3) is 0.526. The van der Waals surface area contributed by atoms with Crippen molar-refractivity contribution < 1.29 is 14.2 Å². The van der Waals surface area contributed by atoms with Gasteiger partial charge in [0.1, 0.15) is 0 Å². The van der Waals surface area contributed by atoms with E-state index < -0.39 is 4.92 Å². The standard InChI is InChI=1S/C19H26N4O4/c1-5-14(4)22(18(24)12-13(2)3)11-10-17-20-19(21-27-17)15-6-8-16(9-7-15)23(25)26/h6-9,13-14H,5,10-12H2,1-4H3/t14-/m0/s1. The minimum atomic E-state index is -0.455. The molecular formula is C19H26N4O4. The highest BCUT2D eigenvalue weighted by molar-refractivity contribution is 5.76. The molecule has 1 amide bonds. The van der Waals surface area contributed by atoms with E-state index in [0.717, 1.165) is 6.42 Å². The summed E-state index contributed by atoms with van der Waals surface area (Å²) < 4.78 is 5.29. The molecule has 0 saturated carbocycles. The maximum Gasteiger partial charge on any atom is 0.269 e. The number of nitro groups is 1. The predicted octanol–water partition coefficient (Wildman–Crippen LogP) is 3.86. The molecule has 0 N–H and O–H groups in total. The summed E-state index contributed by atoms with van der Waals surface area (Å²) in [5.41, 5.74) is 0.653. The smallest absolute Gasteiger partial charge is 0.269 e. The minimum Gasteiger partial charge on any atom is -0.339 e. The van der Waals surface area contributed by atoms with Gasteiger partial charge in [-0.3, -0.25) is 14.9 Å². The maximum absolute atomic E-state index is 12.5. The predicted molar refractivity (Wildman–Crippen MR) is 101 cm³/mol. The van der Waals surface area contributed by atoms with Crippen molar-refractivity contribution in [2.24, 2.45) is 5.92 Å². The molecule has 0 bridgehead atoms. The lowest BCUT2D eigenvalue weighted by molar-refractivity contribution is -0.384. The van der Waals surface area contributed by atoms with Crippen LogP contribution < -0.4 is 0 Å². The lowest BCUT2D eigenvalue weighted by Crippen LogP contribution is -2.40. The molecule has 1 heterocycles. The van der Waals surface area contributed by atoms with E-state index in [1.165, 1.54) is 12.1 Å².